The van der Waals surface area contributed by atoms with Crippen LogP contribution in [0.4, 0.5) is 15.3 Å². The molecule has 6 nitrogen and oxygen atoms in total. The molecule has 0 bridgehead atoms. The molecule has 0 unspecified atom stereocenters. The van der Waals surface area contributed by atoms with E-state index in [1.807, 2.05) is 30.0 Å². The molecule has 2 atom stereocenters. The van der Waals surface area contributed by atoms with E-state index in [0.717, 1.165) is 12.1 Å². The smallest absolute Gasteiger partial charge is 0.322 e. The molecule has 2 heterocycles. The molecule has 124 valence electrons. The fraction of sp³-hybridized carbons (Fsp3) is 0.529. The van der Waals surface area contributed by atoms with Gasteiger partial charge < -0.3 is 15.5 Å². The fourth-order valence-electron chi connectivity index (χ4n) is 3.39. The number of hydrogen-bond donors (Lipinski definition) is 2. The summed E-state index contributed by atoms with van der Waals surface area (Å²) < 4.78 is 0. The number of amides is 4. The summed E-state index contributed by atoms with van der Waals surface area (Å²) >= 11 is 0. The van der Waals surface area contributed by atoms with Crippen LogP contribution in [0, 0.1) is 0 Å². The van der Waals surface area contributed by atoms with Gasteiger partial charge in [0.15, 0.2) is 0 Å². The average Bonchev–Trinajstić information content (AvgIpc) is 3.13. The molecule has 0 spiro atoms. The van der Waals surface area contributed by atoms with Gasteiger partial charge in [-0.25, -0.2) is 9.59 Å². The van der Waals surface area contributed by atoms with Crippen LogP contribution in [-0.2, 0) is 0 Å². The maximum atomic E-state index is 12.6. The van der Waals surface area contributed by atoms with Crippen LogP contribution in [0.1, 0.15) is 31.7 Å². The van der Waals surface area contributed by atoms with Crippen molar-refractivity contribution in [2.24, 2.45) is 0 Å². The molecule has 1 aromatic rings. The second-order valence-corrected chi connectivity index (χ2v) is 6.29. The van der Waals surface area contributed by atoms with Gasteiger partial charge in [0.25, 0.3) is 0 Å². The van der Waals surface area contributed by atoms with E-state index in [0.29, 0.717) is 32.1 Å². The second-order valence-electron chi connectivity index (χ2n) is 6.29. The number of urea groups is 2. The van der Waals surface area contributed by atoms with Gasteiger partial charge in [0.2, 0.25) is 0 Å². The third kappa shape index (κ3) is 3.11. The van der Waals surface area contributed by atoms with Crippen molar-refractivity contribution in [1.29, 1.82) is 0 Å². The van der Waals surface area contributed by atoms with Crippen LogP contribution >= 0.6 is 0 Å². The lowest BCUT2D eigenvalue weighted by Crippen LogP contribution is -2.46. The lowest BCUT2D eigenvalue weighted by Gasteiger charge is -2.22. The SMILES string of the molecule is CCNC(=O)N1CC[C@H](NC(=O)N2C[C@@H](C)c3ccccc32)C1. The number of fused-ring (bicyclic) bond motifs is 1. The van der Waals surface area contributed by atoms with Crippen LogP contribution in [0.25, 0.3) is 0 Å². The zero-order chi connectivity index (χ0) is 16.4. The van der Waals surface area contributed by atoms with Gasteiger partial charge >= 0.3 is 12.1 Å². The number of benzene rings is 1. The Hall–Kier alpha value is -2.24. The summed E-state index contributed by atoms with van der Waals surface area (Å²) in [5.74, 6) is 0.354. The molecule has 4 amide bonds. The highest BCUT2D eigenvalue weighted by Gasteiger charge is 2.32. The fourth-order valence-corrected chi connectivity index (χ4v) is 3.39. The molecule has 0 radical (unpaired) electrons. The van der Waals surface area contributed by atoms with Gasteiger partial charge in [-0.2, -0.15) is 0 Å². The van der Waals surface area contributed by atoms with Crippen LogP contribution in [0.2, 0.25) is 0 Å². The average molecular weight is 316 g/mol. The number of anilines is 1. The molecule has 0 aliphatic carbocycles. The Morgan fingerprint density at radius 3 is 2.78 bits per heavy atom. The summed E-state index contributed by atoms with van der Waals surface area (Å²) in [5, 5.41) is 5.87. The monoisotopic (exact) mass is 316 g/mol. The summed E-state index contributed by atoms with van der Waals surface area (Å²) in [6, 6.07) is 7.96. The number of nitrogens with zero attached hydrogens (tertiary/aromatic N) is 2. The molecule has 1 fully saturated rings. The van der Waals surface area contributed by atoms with Crippen molar-refractivity contribution < 1.29 is 9.59 Å². The van der Waals surface area contributed by atoms with E-state index in [2.05, 4.69) is 23.6 Å². The van der Waals surface area contributed by atoms with Crippen LogP contribution in [0.15, 0.2) is 24.3 Å². The molecule has 3 rings (SSSR count). The quantitative estimate of drug-likeness (QED) is 0.878. The first-order chi connectivity index (χ1) is 11.1. The molecular formula is C17H24N4O2. The predicted molar refractivity (Wildman–Crippen MR) is 89.8 cm³/mol. The normalized spacial score (nSPS) is 22.9. The highest BCUT2D eigenvalue weighted by atomic mass is 16.2. The highest BCUT2D eigenvalue weighted by Crippen LogP contribution is 2.35. The van der Waals surface area contributed by atoms with Gasteiger partial charge in [-0.05, 0) is 25.0 Å². The lowest BCUT2D eigenvalue weighted by atomic mass is 10.0. The Morgan fingerprint density at radius 2 is 2.00 bits per heavy atom. The Morgan fingerprint density at radius 1 is 1.22 bits per heavy atom. The molecule has 2 N–H and O–H groups in total. The first-order valence-corrected chi connectivity index (χ1v) is 8.30. The van der Waals surface area contributed by atoms with Crippen molar-refractivity contribution >= 4 is 17.7 Å². The lowest BCUT2D eigenvalue weighted by molar-refractivity contribution is 0.207. The zero-order valence-electron chi connectivity index (χ0n) is 13.7. The van der Waals surface area contributed by atoms with Gasteiger partial charge in [-0.15, -0.1) is 0 Å². The van der Waals surface area contributed by atoms with E-state index in [-0.39, 0.29) is 18.1 Å². The maximum absolute atomic E-state index is 12.6. The maximum Gasteiger partial charge on any atom is 0.322 e. The van der Waals surface area contributed by atoms with Crippen LogP contribution in [0.5, 0.6) is 0 Å². The number of carbonyl (C=O) groups excluding carboxylic acids is 2. The molecule has 0 aromatic heterocycles. The number of likely N-dealkylation sites (tertiary alicyclic amines) is 1. The summed E-state index contributed by atoms with van der Waals surface area (Å²) in [6.07, 6.45) is 0.800. The number of para-hydroxylation sites is 1. The number of carbonyl (C=O) groups is 2. The third-order valence-corrected chi connectivity index (χ3v) is 4.59. The molecule has 2 aliphatic heterocycles. The first kappa shape index (κ1) is 15.6. The molecule has 2 aliphatic rings. The van der Waals surface area contributed by atoms with Gasteiger partial charge in [-0.3, -0.25) is 4.90 Å². The Bertz CT molecular complexity index is 604. The van der Waals surface area contributed by atoms with Gasteiger partial charge in [-0.1, -0.05) is 25.1 Å². The highest BCUT2D eigenvalue weighted by molar-refractivity contribution is 5.94. The summed E-state index contributed by atoms with van der Waals surface area (Å²) in [5.41, 5.74) is 2.22. The topological polar surface area (TPSA) is 64.7 Å². The van der Waals surface area contributed by atoms with Crippen molar-refractivity contribution in [3.05, 3.63) is 29.8 Å². The van der Waals surface area contributed by atoms with Gasteiger partial charge in [0.1, 0.15) is 0 Å². The molecular weight excluding hydrogens is 292 g/mol. The minimum absolute atomic E-state index is 0.0215. The summed E-state index contributed by atoms with van der Waals surface area (Å²) in [6.45, 7) is 6.62. The minimum atomic E-state index is -0.0652. The van der Waals surface area contributed by atoms with Crippen molar-refractivity contribution in [3.8, 4) is 0 Å². The predicted octanol–water partition coefficient (Wildman–Crippen LogP) is 2.12. The van der Waals surface area contributed by atoms with Crippen LogP contribution in [0.3, 0.4) is 0 Å². The number of nitrogens with one attached hydrogen (secondary N) is 2. The summed E-state index contributed by atoms with van der Waals surface area (Å²) in [7, 11) is 0. The van der Waals surface area contributed by atoms with E-state index in [4.69, 9.17) is 0 Å². The van der Waals surface area contributed by atoms with Crippen LogP contribution in [-0.4, -0.2) is 49.2 Å². The third-order valence-electron chi connectivity index (χ3n) is 4.59. The van der Waals surface area contributed by atoms with Crippen LogP contribution < -0.4 is 15.5 Å². The van der Waals surface area contributed by atoms with E-state index >= 15 is 0 Å². The molecule has 0 saturated carbocycles. The zero-order valence-corrected chi connectivity index (χ0v) is 13.7. The van der Waals surface area contributed by atoms with Gasteiger partial charge in [0, 0.05) is 43.8 Å². The van der Waals surface area contributed by atoms with Crippen molar-refractivity contribution in [2.75, 3.05) is 31.1 Å². The molecule has 1 aromatic carbocycles. The van der Waals surface area contributed by atoms with Crippen molar-refractivity contribution in [2.45, 2.75) is 32.2 Å². The number of rotatable bonds is 2. The Balaban J connectivity index is 1.60. The second kappa shape index (κ2) is 6.48. The molecule has 23 heavy (non-hydrogen) atoms. The largest absolute Gasteiger partial charge is 0.338 e. The van der Waals surface area contributed by atoms with Crippen molar-refractivity contribution in [1.82, 2.24) is 15.5 Å². The first-order valence-electron chi connectivity index (χ1n) is 8.30. The molecule has 1 saturated heterocycles. The summed E-state index contributed by atoms with van der Waals surface area (Å²) in [4.78, 5) is 28.0. The standard InChI is InChI=1S/C17H24N4O2/c1-3-18-16(22)20-9-8-13(11-20)19-17(23)21-10-12(2)14-6-4-5-7-15(14)21/h4-7,12-13H,3,8-11H2,1-2H3,(H,18,22)(H,19,23)/t12-,13+/m1/s1. The molecule has 6 heteroatoms. The van der Waals surface area contributed by atoms with Gasteiger partial charge in [0.05, 0.1) is 0 Å². The Kier molecular flexibility index (Phi) is 4.41. The van der Waals surface area contributed by atoms with E-state index < -0.39 is 0 Å². The van der Waals surface area contributed by atoms with E-state index in [9.17, 15) is 9.59 Å². The van der Waals surface area contributed by atoms with E-state index in [1.54, 1.807) is 4.90 Å². The van der Waals surface area contributed by atoms with E-state index in [1.165, 1.54) is 5.56 Å². The minimum Gasteiger partial charge on any atom is -0.338 e. The number of hydrogen-bond acceptors (Lipinski definition) is 2. The Labute approximate surface area is 136 Å². The van der Waals surface area contributed by atoms with Crippen molar-refractivity contribution in [3.63, 3.8) is 0 Å².